The van der Waals surface area contributed by atoms with Gasteiger partial charge in [-0.1, -0.05) is 44.2 Å². The molecule has 2 N–H and O–H groups in total. The molecule has 22 heavy (non-hydrogen) atoms. The van der Waals surface area contributed by atoms with Crippen molar-refractivity contribution in [3.63, 3.8) is 0 Å². The summed E-state index contributed by atoms with van der Waals surface area (Å²) in [5, 5.41) is 18.7. The lowest BCUT2D eigenvalue weighted by Gasteiger charge is -2.34. The Morgan fingerprint density at radius 1 is 1.23 bits per heavy atom. The van der Waals surface area contributed by atoms with E-state index in [9.17, 15) is 14.7 Å². The Hall–Kier alpha value is -2.08. The fraction of sp³-hybridized carbons (Fsp3) is 0.500. The van der Waals surface area contributed by atoms with Crippen LogP contribution in [0, 0.1) is 0 Å². The van der Waals surface area contributed by atoms with Gasteiger partial charge in [0.1, 0.15) is 12.6 Å². The van der Waals surface area contributed by atoms with Crippen molar-refractivity contribution in [2.45, 2.75) is 45.4 Å². The van der Waals surface area contributed by atoms with Crippen LogP contribution in [0.4, 0.5) is 4.79 Å². The van der Waals surface area contributed by atoms with E-state index in [4.69, 9.17) is 9.84 Å². The molecule has 122 valence electrons. The minimum absolute atomic E-state index is 0.00934. The highest BCUT2D eigenvalue weighted by molar-refractivity contribution is 5.80. The van der Waals surface area contributed by atoms with Crippen LogP contribution in [0.15, 0.2) is 30.3 Å². The predicted octanol–water partition coefficient (Wildman–Crippen LogP) is 2.26. The molecule has 1 aromatic rings. The molecule has 1 aliphatic rings. The van der Waals surface area contributed by atoms with Crippen LogP contribution in [0.2, 0.25) is 0 Å². The highest BCUT2D eigenvalue weighted by Crippen LogP contribution is 2.19. The Balaban J connectivity index is 0.00000116. The highest BCUT2D eigenvalue weighted by atomic mass is 16.6. The van der Waals surface area contributed by atoms with Crippen molar-refractivity contribution in [2.75, 3.05) is 6.54 Å². The Bertz CT molecular complexity index is 477. The summed E-state index contributed by atoms with van der Waals surface area (Å²) < 4.78 is 5.11. The van der Waals surface area contributed by atoms with E-state index >= 15 is 0 Å². The second-order valence-electron chi connectivity index (χ2n) is 4.78. The molecule has 1 amide bonds. The molecule has 0 saturated carbocycles. The molecule has 1 saturated heterocycles. The molecule has 1 aromatic carbocycles. The van der Waals surface area contributed by atoms with E-state index in [-0.39, 0.29) is 19.6 Å². The number of ether oxygens (including phenoxy) is 1. The van der Waals surface area contributed by atoms with E-state index < -0.39 is 24.2 Å². The van der Waals surface area contributed by atoms with Gasteiger partial charge in [-0.25, -0.2) is 9.59 Å². The van der Waals surface area contributed by atoms with E-state index in [0.29, 0.717) is 6.42 Å². The number of carboxylic acids is 1. The number of nitrogens with zero attached hydrogens (tertiary/aromatic N) is 1. The fourth-order valence-corrected chi connectivity index (χ4v) is 2.21. The first kappa shape index (κ1) is 18.0. The zero-order chi connectivity index (χ0) is 16.5. The predicted molar refractivity (Wildman–Crippen MR) is 81.3 cm³/mol. The van der Waals surface area contributed by atoms with Crippen LogP contribution in [-0.4, -0.2) is 45.9 Å². The van der Waals surface area contributed by atoms with Gasteiger partial charge in [-0.15, -0.1) is 0 Å². The Morgan fingerprint density at radius 3 is 2.45 bits per heavy atom. The molecular weight excluding hydrogens is 286 g/mol. The number of piperidine rings is 1. The number of aliphatic hydroxyl groups is 1. The zero-order valence-electron chi connectivity index (χ0n) is 12.9. The number of aliphatic carboxylic acids is 1. The molecular formula is C16H23NO5. The first-order valence-electron chi connectivity index (χ1n) is 7.46. The van der Waals surface area contributed by atoms with E-state index in [0.717, 1.165) is 10.5 Å². The molecule has 2 atom stereocenters. The number of carbonyl (C=O) groups excluding carboxylic acids is 1. The number of likely N-dealkylation sites (tertiary alicyclic amines) is 1. The van der Waals surface area contributed by atoms with Crippen LogP contribution in [0.5, 0.6) is 0 Å². The topological polar surface area (TPSA) is 87.1 Å². The lowest BCUT2D eigenvalue weighted by atomic mass is 10.0. The van der Waals surface area contributed by atoms with Gasteiger partial charge in [0.05, 0.1) is 12.6 Å². The number of aliphatic hydroxyl groups excluding tert-OH is 1. The van der Waals surface area contributed by atoms with Gasteiger partial charge >= 0.3 is 12.1 Å². The third-order valence-electron chi connectivity index (χ3n) is 3.28. The van der Waals surface area contributed by atoms with Gasteiger partial charge in [0.25, 0.3) is 0 Å². The second-order valence-corrected chi connectivity index (χ2v) is 4.78. The van der Waals surface area contributed by atoms with Gasteiger partial charge in [0.2, 0.25) is 0 Å². The summed E-state index contributed by atoms with van der Waals surface area (Å²) in [4.78, 5) is 24.2. The number of carboxylic acid groups (broad SMARTS) is 1. The third kappa shape index (κ3) is 5.04. The Labute approximate surface area is 130 Å². The summed E-state index contributed by atoms with van der Waals surface area (Å²) in [5.74, 6) is -1.08. The smallest absolute Gasteiger partial charge is 0.410 e. The minimum atomic E-state index is -1.08. The number of carbonyl (C=O) groups is 2. The van der Waals surface area contributed by atoms with Crippen molar-refractivity contribution >= 4 is 12.1 Å². The van der Waals surface area contributed by atoms with Gasteiger partial charge in [-0.2, -0.15) is 0 Å². The maximum Gasteiger partial charge on any atom is 0.410 e. The van der Waals surface area contributed by atoms with Gasteiger partial charge < -0.3 is 14.9 Å². The zero-order valence-corrected chi connectivity index (χ0v) is 12.9. The summed E-state index contributed by atoms with van der Waals surface area (Å²) in [5.41, 5.74) is 0.824. The molecule has 6 nitrogen and oxygen atoms in total. The van der Waals surface area contributed by atoms with Crippen LogP contribution in [-0.2, 0) is 16.1 Å². The first-order valence-corrected chi connectivity index (χ1v) is 7.46. The average molecular weight is 309 g/mol. The fourth-order valence-electron chi connectivity index (χ4n) is 2.21. The van der Waals surface area contributed by atoms with Crippen molar-refractivity contribution in [2.24, 2.45) is 0 Å². The molecule has 2 rings (SSSR count). The Morgan fingerprint density at radius 2 is 1.86 bits per heavy atom. The van der Waals surface area contributed by atoms with Crippen LogP contribution in [0.25, 0.3) is 0 Å². The molecule has 1 heterocycles. The van der Waals surface area contributed by atoms with Crippen LogP contribution in [0.3, 0.4) is 0 Å². The number of amides is 1. The summed E-state index contributed by atoms with van der Waals surface area (Å²) in [6, 6.07) is 8.20. The second kappa shape index (κ2) is 9.04. The van der Waals surface area contributed by atoms with Crippen molar-refractivity contribution in [3.8, 4) is 0 Å². The summed E-state index contributed by atoms with van der Waals surface area (Å²) in [7, 11) is 0. The maximum atomic E-state index is 12.0. The first-order chi connectivity index (χ1) is 10.6. The van der Waals surface area contributed by atoms with Crippen molar-refractivity contribution in [1.82, 2.24) is 4.90 Å². The molecule has 0 spiro atoms. The minimum Gasteiger partial charge on any atom is -0.480 e. The summed E-state index contributed by atoms with van der Waals surface area (Å²) >= 11 is 0. The number of rotatable bonds is 3. The lowest BCUT2D eigenvalue weighted by molar-refractivity contribution is -0.145. The van der Waals surface area contributed by atoms with Crippen LogP contribution >= 0.6 is 0 Å². The largest absolute Gasteiger partial charge is 0.480 e. The molecule has 6 heteroatoms. The molecule has 1 aliphatic heterocycles. The van der Waals surface area contributed by atoms with Gasteiger partial charge in [0, 0.05) is 0 Å². The van der Waals surface area contributed by atoms with Gasteiger partial charge in [0.15, 0.2) is 0 Å². The summed E-state index contributed by atoms with van der Waals surface area (Å²) in [6.07, 6.45) is -0.800. The molecule has 0 radical (unpaired) electrons. The van der Waals surface area contributed by atoms with Crippen molar-refractivity contribution < 1.29 is 24.5 Å². The maximum absolute atomic E-state index is 12.0. The van der Waals surface area contributed by atoms with E-state index in [2.05, 4.69) is 0 Å². The monoisotopic (exact) mass is 309 g/mol. The van der Waals surface area contributed by atoms with E-state index in [1.54, 1.807) is 0 Å². The molecule has 0 aliphatic carbocycles. The standard InChI is InChI=1S/C14H17NO5.C2H6/c16-11-6-7-12(13(17)18)15(8-11)14(19)20-9-10-4-2-1-3-5-10;1-2/h1-5,11-12,16H,6-9H2,(H,17,18);1-2H3/t11-,12-;/m0./s1. The Kier molecular flexibility index (Phi) is 7.39. The van der Waals surface area contributed by atoms with Crippen molar-refractivity contribution in [3.05, 3.63) is 35.9 Å². The molecule has 0 aromatic heterocycles. The van der Waals surface area contributed by atoms with E-state index in [1.807, 2.05) is 44.2 Å². The number of hydrogen-bond acceptors (Lipinski definition) is 4. The van der Waals surface area contributed by atoms with Crippen molar-refractivity contribution in [1.29, 1.82) is 0 Å². The van der Waals surface area contributed by atoms with Crippen LogP contribution in [0.1, 0.15) is 32.3 Å². The van der Waals surface area contributed by atoms with Crippen LogP contribution < -0.4 is 0 Å². The SMILES string of the molecule is CC.O=C(O)[C@@H]1CC[C@H](O)CN1C(=O)OCc1ccccc1. The quantitative estimate of drug-likeness (QED) is 0.894. The van der Waals surface area contributed by atoms with Gasteiger partial charge in [-0.3, -0.25) is 4.90 Å². The number of benzene rings is 1. The lowest BCUT2D eigenvalue weighted by Crippen LogP contribution is -2.52. The highest BCUT2D eigenvalue weighted by Gasteiger charge is 2.36. The number of hydrogen-bond donors (Lipinski definition) is 2. The molecule has 0 bridgehead atoms. The molecule has 1 fully saturated rings. The third-order valence-corrected chi connectivity index (χ3v) is 3.28. The summed E-state index contributed by atoms with van der Waals surface area (Å²) in [6.45, 7) is 4.07. The number of β-amino-alcohol motifs (C(OH)–C–C–N with tert-alkyl or cyclic N) is 1. The normalized spacial score (nSPS) is 20.6. The molecule has 0 unspecified atom stereocenters. The van der Waals surface area contributed by atoms with Gasteiger partial charge in [-0.05, 0) is 18.4 Å². The average Bonchev–Trinajstić information content (AvgIpc) is 2.55. The van der Waals surface area contributed by atoms with E-state index in [1.165, 1.54) is 0 Å².